The number of likely N-dealkylation sites (tertiary alicyclic amines) is 1. The highest BCUT2D eigenvalue weighted by atomic mass is 16.6. The number of anilines is 2. The second-order valence-electron chi connectivity index (χ2n) is 14.7. The normalized spacial score (nSPS) is 22.4. The molecule has 2 fully saturated rings. The smallest absolute Gasteiger partial charge is 0.413 e. The van der Waals surface area contributed by atoms with Gasteiger partial charge in [-0.25, -0.2) is 9.78 Å². The molecule has 0 bridgehead atoms. The van der Waals surface area contributed by atoms with Gasteiger partial charge in [0, 0.05) is 25.2 Å². The number of hydrogen-bond acceptors (Lipinski definition) is 6. The number of nitrogens with one attached hydrogen (secondary N) is 2. The number of benzene rings is 1. The Morgan fingerprint density at radius 2 is 1.84 bits per heavy atom. The molecule has 2 aliphatic heterocycles. The van der Waals surface area contributed by atoms with Crippen LogP contribution in [0.5, 0.6) is 0 Å². The quantitative estimate of drug-likeness (QED) is 0.365. The first-order valence-electron chi connectivity index (χ1n) is 16.2. The Morgan fingerprint density at radius 3 is 2.52 bits per heavy atom. The first-order valence-corrected chi connectivity index (χ1v) is 16.2. The van der Waals surface area contributed by atoms with Gasteiger partial charge in [-0.1, -0.05) is 39.0 Å². The fourth-order valence-electron chi connectivity index (χ4n) is 6.89. The average Bonchev–Trinajstić information content (AvgIpc) is 3.77. The summed E-state index contributed by atoms with van der Waals surface area (Å²) in [4.78, 5) is 48.6. The maximum Gasteiger partial charge on any atom is 0.413 e. The molecule has 9 heteroatoms. The van der Waals surface area contributed by atoms with Crippen molar-refractivity contribution < 1.29 is 19.1 Å². The summed E-state index contributed by atoms with van der Waals surface area (Å²) in [6, 6.07) is 8.34. The Hall–Kier alpha value is -3.46. The Labute approximate surface area is 262 Å². The van der Waals surface area contributed by atoms with Crippen molar-refractivity contribution >= 4 is 29.4 Å². The van der Waals surface area contributed by atoms with Crippen molar-refractivity contribution in [2.45, 2.75) is 97.8 Å². The summed E-state index contributed by atoms with van der Waals surface area (Å²) in [5.74, 6) is 0.518. The summed E-state index contributed by atoms with van der Waals surface area (Å²) in [5, 5.41) is 5.59. The lowest BCUT2D eigenvalue weighted by Gasteiger charge is -2.45. The molecule has 1 aromatic carbocycles. The number of pyridine rings is 1. The molecule has 1 saturated heterocycles. The Kier molecular flexibility index (Phi) is 9.35. The van der Waals surface area contributed by atoms with Crippen LogP contribution in [0, 0.1) is 17.8 Å². The summed E-state index contributed by atoms with van der Waals surface area (Å²) in [7, 11) is 2.14. The van der Waals surface area contributed by atoms with E-state index in [0.29, 0.717) is 29.9 Å². The molecule has 1 aliphatic carbocycles. The van der Waals surface area contributed by atoms with Crippen LogP contribution < -0.4 is 10.6 Å². The third-order valence-electron chi connectivity index (χ3n) is 8.81. The predicted molar refractivity (Wildman–Crippen MR) is 172 cm³/mol. The van der Waals surface area contributed by atoms with Crippen LogP contribution in [0.3, 0.4) is 0 Å². The van der Waals surface area contributed by atoms with Gasteiger partial charge in [0.15, 0.2) is 0 Å². The topological polar surface area (TPSA) is 104 Å². The molecule has 3 aliphatic rings. The van der Waals surface area contributed by atoms with E-state index < -0.39 is 23.5 Å². The van der Waals surface area contributed by atoms with Crippen molar-refractivity contribution in [2.75, 3.05) is 30.8 Å². The van der Waals surface area contributed by atoms with Gasteiger partial charge in [-0.15, -0.1) is 0 Å². The van der Waals surface area contributed by atoms with Gasteiger partial charge in [0.25, 0.3) is 0 Å². The number of likely N-dealkylation sites (N-methyl/N-ethyl adjacent to an activating group) is 1. The largest absolute Gasteiger partial charge is 0.444 e. The van der Waals surface area contributed by atoms with E-state index in [0.717, 1.165) is 56.3 Å². The van der Waals surface area contributed by atoms with Crippen LogP contribution in [0.2, 0.25) is 0 Å². The van der Waals surface area contributed by atoms with Gasteiger partial charge in [-0.3, -0.25) is 14.9 Å². The minimum Gasteiger partial charge on any atom is -0.444 e. The second kappa shape index (κ2) is 12.9. The highest BCUT2D eigenvalue weighted by molar-refractivity contribution is 6.39. The number of rotatable bonds is 6. The van der Waals surface area contributed by atoms with E-state index in [1.54, 1.807) is 20.8 Å². The number of aromatic nitrogens is 1. The van der Waals surface area contributed by atoms with Crippen molar-refractivity contribution in [3.8, 4) is 0 Å². The zero-order valence-corrected chi connectivity index (χ0v) is 27.4. The molecular formula is C35H49N5O4. The zero-order valence-electron chi connectivity index (χ0n) is 27.4. The molecule has 1 saturated carbocycles. The van der Waals surface area contributed by atoms with E-state index in [4.69, 9.17) is 4.74 Å². The first kappa shape index (κ1) is 31.9. The van der Waals surface area contributed by atoms with Gasteiger partial charge in [0.05, 0.1) is 17.9 Å². The van der Waals surface area contributed by atoms with Crippen molar-refractivity contribution in [1.82, 2.24) is 14.8 Å². The molecule has 5 rings (SSSR count). The predicted octanol–water partition coefficient (Wildman–Crippen LogP) is 6.50. The Bertz CT molecular complexity index is 1390. The molecule has 3 atom stereocenters. The first-order chi connectivity index (χ1) is 20.8. The average molecular weight is 604 g/mol. The van der Waals surface area contributed by atoms with Gasteiger partial charge < -0.3 is 19.9 Å². The molecule has 2 aromatic rings. The second-order valence-corrected chi connectivity index (χ2v) is 14.7. The fraction of sp³-hybridized carbons (Fsp3) is 0.600. The summed E-state index contributed by atoms with van der Waals surface area (Å²) in [5.41, 5.74) is 4.46. The molecule has 238 valence electrons. The molecule has 44 heavy (non-hydrogen) atoms. The molecule has 9 nitrogen and oxygen atoms in total. The molecular weight excluding hydrogens is 554 g/mol. The summed E-state index contributed by atoms with van der Waals surface area (Å²) < 4.78 is 5.40. The van der Waals surface area contributed by atoms with Crippen molar-refractivity contribution in [1.29, 1.82) is 0 Å². The van der Waals surface area contributed by atoms with E-state index in [1.165, 1.54) is 17.3 Å². The van der Waals surface area contributed by atoms with Gasteiger partial charge in [0.1, 0.15) is 11.4 Å². The van der Waals surface area contributed by atoms with Crippen LogP contribution in [-0.2, 0) is 27.3 Å². The van der Waals surface area contributed by atoms with E-state index in [9.17, 15) is 14.4 Å². The highest BCUT2D eigenvalue weighted by Gasteiger charge is 2.41. The molecule has 2 N–H and O–H groups in total. The monoisotopic (exact) mass is 603 g/mol. The lowest BCUT2D eigenvalue weighted by molar-refractivity contribution is -0.148. The number of carbonyl (C=O) groups is 3. The Morgan fingerprint density at radius 1 is 1.09 bits per heavy atom. The third kappa shape index (κ3) is 7.78. The van der Waals surface area contributed by atoms with Gasteiger partial charge in [0.2, 0.25) is 0 Å². The van der Waals surface area contributed by atoms with Gasteiger partial charge in [-0.05, 0) is 106 Å². The van der Waals surface area contributed by atoms with E-state index in [-0.39, 0.29) is 17.9 Å². The van der Waals surface area contributed by atoms with E-state index in [2.05, 4.69) is 66.5 Å². The molecule has 1 unspecified atom stereocenters. The van der Waals surface area contributed by atoms with E-state index in [1.807, 2.05) is 11.0 Å². The number of fused-ring (bicyclic) bond motifs is 1. The SMILES string of the molecule is CC(C)CC1C[C@H](C)CN(C(=O)C(=O)Nc2cnc(NC(=O)OC(C)(C)C)c(C3CC3)c2)[C@H]1c1ccc2c(c1)CCN(C)C2. The summed E-state index contributed by atoms with van der Waals surface area (Å²) in [6.07, 6.45) is 5.86. The van der Waals surface area contributed by atoms with Crippen LogP contribution in [0.25, 0.3) is 0 Å². The number of hydrogen-bond donors (Lipinski definition) is 2. The summed E-state index contributed by atoms with van der Waals surface area (Å²) in [6.45, 7) is 14.5. The van der Waals surface area contributed by atoms with Crippen molar-refractivity contribution in [2.24, 2.45) is 17.8 Å². The molecule has 1 aromatic heterocycles. The molecule has 0 radical (unpaired) electrons. The van der Waals surface area contributed by atoms with Crippen LogP contribution in [0.15, 0.2) is 30.5 Å². The van der Waals surface area contributed by atoms with Crippen LogP contribution in [-0.4, -0.2) is 58.4 Å². The maximum absolute atomic E-state index is 14.0. The molecule has 0 spiro atoms. The lowest BCUT2D eigenvalue weighted by atomic mass is 9.76. The van der Waals surface area contributed by atoms with Gasteiger partial charge in [-0.2, -0.15) is 0 Å². The minimum absolute atomic E-state index is 0.155. The minimum atomic E-state index is -0.664. The fourth-order valence-corrected chi connectivity index (χ4v) is 6.89. The van der Waals surface area contributed by atoms with Crippen molar-refractivity contribution in [3.63, 3.8) is 0 Å². The highest BCUT2D eigenvalue weighted by Crippen LogP contribution is 2.44. The zero-order chi connectivity index (χ0) is 31.8. The number of amides is 3. The Balaban J connectivity index is 1.38. The lowest BCUT2D eigenvalue weighted by Crippen LogP contribution is -2.50. The van der Waals surface area contributed by atoms with Crippen molar-refractivity contribution in [3.05, 3.63) is 52.7 Å². The molecule has 3 amide bonds. The maximum atomic E-state index is 14.0. The number of ether oxygens (including phenoxy) is 1. The standard InChI is InChI=1S/C35H49N5O4/c1-21(2)14-27-15-22(3)19-40(30(27)25-10-11-26-20-39(7)13-12-24(26)16-25)33(42)32(41)37-28-17-29(23-8-9-23)31(36-18-28)38-34(43)44-35(4,5)6/h10-11,16-18,21-23,27,30H,8-9,12-15,19-20H2,1-7H3,(H,37,41)(H,36,38,43)/t22-,27?,30-/m0/s1. The summed E-state index contributed by atoms with van der Waals surface area (Å²) >= 11 is 0. The molecule has 3 heterocycles. The van der Waals surface area contributed by atoms with E-state index >= 15 is 0 Å². The number of nitrogens with zero attached hydrogens (tertiary/aromatic N) is 3. The number of carbonyl (C=O) groups excluding carboxylic acids is 3. The van der Waals surface area contributed by atoms with Crippen LogP contribution >= 0.6 is 0 Å². The van der Waals surface area contributed by atoms with Gasteiger partial charge >= 0.3 is 17.9 Å². The third-order valence-corrected chi connectivity index (χ3v) is 8.81. The number of piperidine rings is 1. The van der Waals surface area contributed by atoms with Crippen LogP contribution in [0.4, 0.5) is 16.3 Å². The van der Waals surface area contributed by atoms with Crippen LogP contribution in [0.1, 0.15) is 101 Å².